The van der Waals surface area contributed by atoms with Crippen LogP contribution in [0.15, 0.2) is 0 Å². The van der Waals surface area contributed by atoms with Crippen LogP contribution < -0.4 is 0 Å². The SMILES string of the molecule is B[C@H]1CC[C@@H](COP(=O)(S)OC2C[C@H](B)O[C@@H]2COP(=O)(O)S)O1. The van der Waals surface area contributed by atoms with Crippen LogP contribution in [-0.2, 0) is 32.2 Å². The zero-order chi connectivity index (χ0) is 18.0. The van der Waals surface area contributed by atoms with E-state index in [1.54, 1.807) is 0 Å². The molecule has 2 aliphatic heterocycles. The van der Waals surface area contributed by atoms with Gasteiger partial charge in [0.25, 0.3) is 0 Å². The Bertz CT molecular complexity index is 523. The van der Waals surface area contributed by atoms with Gasteiger partial charge in [0, 0.05) is 12.0 Å². The predicted octanol–water partition coefficient (Wildman–Crippen LogP) is 0.359. The summed E-state index contributed by atoms with van der Waals surface area (Å²) in [5.41, 5.74) is 0. The van der Waals surface area contributed by atoms with E-state index in [9.17, 15) is 9.13 Å². The van der Waals surface area contributed by atoms with Crippen molar-refractivity contribution in [1.82, 2.24) is 0 Å². The standard InChI is InChI=1S/C10H22B2O8P2S2/c11-9-2-1-6(18-9)4-17-22(15,24)20-7-3-10(12)19-8(7)5-16-21(13,14)23/h6-10H,1-5,11-12H2,(H,15,24)(H2,13,14,23)/t6-,7?,8+,9+,10+,22?/m0/s1. The lowest BCUT2D eigenvalue weighted by atomic mass is 9.96. The predicted molar refractivity (Wildman–Crippen MR) is 100 cm³/mol. The molecule has 138 valence electrons. The fraction of sp³-hybridized carbons (Fsp3) is 1.00. The molecule has 0 aliphatic carbocycles. The molecule has 7 atom stereocenters. The molecule has 2 aliphatic rings. The molecule has 8 nitrogen and oxygen atoms in total. The Morgan fingerprint density at radius 3 is 2.38 bits per heavy atom. The summed E-state index contributed by atoms with van der Waals surface area (Å²) in [6.45, 7) is -7.61. The first-order valence-corrected chi connectivity index (χ1v) is 13.1. The Morgan fingerprint density at radius 1 is 1.08 bits per heavy atom. The average molecular weight is 418 g/mol. The summed E-state index contributed by atoms with van der Waals surface area (Å²) < 4.78 is 50.2. The Kier molecular flexibility index (Phi) is 7.85. The number of hydrogen-bond donors (Lipinski definition) is 3. The molecule has 14 heteroatoms. The lowest BCUT2D eigenvalue weighted by molar-refractivity contribution is 0.00206. The summed E-state index contributed by atoms with van der Waals surface area (Å²) in [6, 6.07) is -0.00576. The van der Waals surface area contributed by atoms with Gasteiger partial charge in [0.15, 0.2) is 0 Å². The van der Waals surface area contributed by atoms with Crippen molar-refractivity contribution in [2.45, 2.75) is 49.6 Å². The summed E-state index contributed by atoms with van der Waals surface area (Å²) in [5, 5.41) is 0. The average Bonchev–Trinajstić information content (AvgIpc) is 2.99. The molecule has 2 rings (SSSR count). The molecule has 0 bridgehead atoms. The molecule has 0 spiro atoms. The van der Waals surface area contributed by atoms with Crippen molar-refractivity contribution >= 4 is 53.8 Å². The maximum atomic E-state index is 12.4. The molecule has 1 N–H and O–H groups in total. The van der Waals surface area contributed by atoms with Crippen LogP contribution >= 0.6 is 38.1 Å². The number of thiol groups is 2. The van der Waals surface area contributed by atoms with Gasteiger partial charge in [0.2, 0.25) is 0 Å². The van der Waals surface area contributed by atoms with Crippen molar-refractivity contribution in [3.8, 4) is 0 Å². The third kappa shape index (κ3) is 7.35. The second-order valence-corrected chi connectivity index (χ2v) is 11.7. The molecular weight excluding hydrogens is 396 g/mol. The van der Waals surface area contributed by atoms with Crippen LogP contribution in [0.5, 0.6) is 0 Å². The minimum absolute atomic E-state index is 0.119. The first-order valence-electron chi connectivity index (χ1n) is 7.71. The summed E-state index contributed by atoms with van der Waals surface area (Å²) in [7, 11) is 3.79. The summed E-state index contributed by atoms with van der Waals surface area (Å²) in [4.78, 5) is 9.08. The molecule has 24 heavy (non-hydrogen) atoms. The Balaban J connectivity index is 1.84. The van der Waals surface area contributed by atoms with E-state index in [1.165, 1.54) is 0 Å². The second-order valence-electron chi connectivity index (χ2n) is 6.06. The van der Waals surface area contributed by atoms with Crippen molar-refractivity contribution in [3.05, 3.63) is 0 Å². The van der Waals surface area contributed by atoms with Gasteiger partial charge >= 0.3 is 13.6 Å². The highest BCUT2D eigenvalue weighted by Crippen LogP contribution is 2.56. The minimum atomic E-state index is -3.93. The molecule has 0 radical (unpaired) electrons. The highest BCUT2D eigenvalue weighted by Gasteiger charge is 2.39. The van der Waals surface area contributed by atoms with E-state index in [0.29, 0.717) is 6.42 Å². The maximum Gasteiger partial charge on any atom is 0.386 e. The Hall–Kier alpha value is 1.05. The van der Waals surface area contributed by atoms with Crippen LogP contribution in [0.4, 0.5) is 0 Å². The van der Waals surface area contributed by atoms with E-state index in [2.05, 4.69) is 24.5 Å². The van der Waals surface area contributed by atoms with Gasteiger partial charge < -0.3 is 14.4 Å². The Morgan fingerprint density at radius 2 is 1.79 bits per heavy atom. The van der Waals surface area contributed by atoms with E-state index in [1.807, 2.05) is 15.7 Å². The van der Waals surface area contributed by atoms with Crippen molar-refractivity contribution in [1.29, 1.82) is 0 Å². The molecule has 0 aromatic rings. The van der Waals surface area contributed by atoms with Crippen molar-refractivity contribution in [2.24, 2.45) is 0 Å². The number of ether oxygens (including phenoxy) is 2. The van der Waals surface area contributed by atoms with Gasteiger partial charge in [-0.3, -0.25) is 13.6 Å². The molecule has 0 saturated carbocycles. The summed E-state index contributed by atoms with van der Waals surface area (Å²) in [6.07, 6.45) is 0.825. The van der Waals surface area contributed by atoms with E-state index < -0.39 is 25.8 Å². The van der Waals surface area contributed by atoms with Crippen LogP contribution in [0, 0.1) is 0 Å². The zero-order valence-electron chi connectivity index (χ0n) is 13.5. The monoisotopic (exact) mass is 418 g/mol. The van der Waals surface area contributed by atoms with E-state index in [4.69, 9.17) is 27.9 Å². The fourth-order valence-electron chi connectivity index (χ4n) is 2.74. The molecule has 3 unspecified atom stereocenters. The molecule has 2 heterocycles. The van der Waals surface area contributed by atoms with Gasteiger partial charge in [-0.25, -0.2) is 9.13 Å². The molecular formula is C10H22B2O8P2S2. The molecule has 0 aromatic heterocycles. The normalized spacial score (nSPS) is 38.7. The molecule has 0 aromatic carbocycles. The van der Waals surface area contributed by atoms with Gasteiger partial charge in [0.05, 0.1) is 25.4 Å². The summed E-state index contributed by atoms with van der Waals surface area (Å²) in [5.74, 6) is 0. The fourth-order valence-corrected chi connectivity index (χ4v) is 4.82. The Labute approximate surface area is 153 Å². The largest absolute Gasteiger partial charge is 0.386 e. The maximum absolute atomic E-state index is 12.4. The van der Waals surface area contributed by atoms with Crippen LogP contribution in [0.3, 0.4) is 0 Å². The third-order valence-electron chi connectivity index (χ3n) is 3.81. The van der Waals surface area contributed by atoms with Gasteiger partial charge in [-0.1, -0.05) is 24.5 Å². The first kappa shape index (κ1) is 21.4. The van der Waals surface area contributed by atoms with E-state index in [0.717, 1.165) is 12.8 Å². The zero-order valence-corrected chi connectivity index (χ0v) is 17.1. The van der Waals surface area contributed by atoms with E-state index >= 15 is 0 Å². The molecule has 2 saturated heterocycles. The van der Waals surface area contributed by atoms with Crippen LogP contribution in [0.1, 0.15) is 19.3 Å². The van der Waals surface area contributed by atoms with Crippen LogP contribution in [0.25, 0.3) is 0 Å². The van der Waals surface area contributed by atoms with Crippen LogP contribution in [0.2, 0.25) is 0 Å². The lowest BCUT2D eigenvalue weighted by Gasteiger charge is -2.23. The number of rotatable bonds is 8. The highest BCUT2D eigenvalue weighted by molar-refractivity contribution is 8.44. The van der Waals surface area contributed by atoms with Gasteiger partial charge in [-0.2, -0.15) is 0 Å². The van der Waals surface area contributed by atoms with Gasteiger partial charge in [-0.05, 0) is 19.3 Å². The van der Waals surface area contributed by atoms with Gasteiger partial charge in [-0.15, -0.1) is 0 Å². The highest BCUT2D eigenvalue weighted by atomic mass is 32.7. The minimum Gasteiger partial charge on any atom is -0.382 e. The van der Waals surface area contributed by atoms with Crippen molar-refractivity contribution < 1.29 is 37.1 Å². The van der Waals surface area contributed by atoms with Crippen LogP contribution in [-0.4, -0.2) is 64.1 Å². The van der Waals surface area contributed by atoms with Crippen molar-refractivity contribution in [3.63, 3.8) is 0 Å². The smallest absolute Gasteiger partial charge is 0.382 e. The topological polar surface area (TPSA) is 101 Å². The molecule has 0 amide bonds. The summed E-state index contributed by atoms with van der Waals surface area (Å²) >= 11 is 7.43. The second kappa shape index (κ2) is 8.83. The first-order chi connectivity index (χ1) is 11.0. The molecule has 2 fully saturated rings. The van der Waals surface area contributed by atoms with E-state index in [-0.39, 0.29) is 31.3 Å². The number of hydrogen-bond acceptors (Lipinski definition) is 7. The quantitative estimate of drug-likeness (QED) is 0.295. The third-order valence-corrected chi connectivity index (χ3v) is 6.28. The lowest BCUT2D eigenvalue weighted by Crippen LogP contribution is -2.28. The van der Waals surface area contributed by atoms with Crippen molar-refractivity contribution in [2.75, 3.05) is 13.2 Å². The van der Waals surface area contributed by atoms with Gasteiger partial charge in [0.1, 0.15) is 21.8 Å².